The maximum atomic E-state index is 12.2. The summed E-state index contributed by atoms with van der Waals surface area (Å²) in [6.45, 7) is 0.944. The Morgan fingerprint density at radius 1 is 0.857 bits per heavy atom. The van der Waals surface area contributed by atoms with E-state index in [1.807, 2.05) is 24.3 Å². The lowest BCUT2D eigenvalue weighted by atomic mass is 9.82. The van der Waals surface area contributed by atoms with Crippen molar-refractivity contribution < 1.29 is 19.0 Å². The number of anilines is 1. The van der Waals surface area contributed by atoms with Crippen LogP contribution in [0, 0.1) is 0 Å². The van der Waals surface area contributed by atoms with Crippen molar-refractivity contribution >= 4 is 11.8 Å². The van der Waals surface area contributed by atoms with Gasteiger partial charge in [0.15, 0.2) is 0 Å². The van der Waals surface area contributed by atoms with Gasteiger partial charge in [-0.15, -0.1) is 0 Å². The zero-order valence-corrected chi connectivity index (χ0v) is 20.2. The average Bonchev–Trinajstić information content (AvgIpc) is 3.29. The van der Waals surface area contributed by atoms with E-state index in [1.165, 1.54) is 16.7 Å². The lowest BCUT2D eigenvalue weighted by molar-refractivity contribution is -0.0147. The number of hydrogen-bond acceptors (Lipinski definition) is 4. The summed E-state index contributed by atoms with van der Waals surface area (Å²) in [7, 11) is 1.62. The van der Waals surface area contributed by atoms with E-state index in [0.717, 1.165) is 31.4 Å². The number of methoxy groups -OCH3 is 1. The molecule has 0 aromatic heterocycles. The van der Waals surface area contributed by atoms with Crippen LogP contribution in [0.1, 0.15) is 54.4 Å². The minimum Gasteiger partial charge on any atom is -0.441 e. The molecule has 0 N–H and O–H groups in total. The molecule has 182 valence electrons. The molecule has 0 bridgehead atoms. The van der Waals surface area contributed by atoms with Gasteiger partial charge in [-0.05, 0) is 60.4 Å². The number of carbonyl (C=O) groups excluding carboxylic acids is 1. The number of ether oxygens (including phenoxy) is 3. The van der Waals surface area contributed by atoms with Crippen molar-refractivity contribution in [3.8, 4) is 0 Å². The van der Waals surface area contributed by atoms with Gasteiger partial charge < -0.3 is 14.2 Å². The highest BCUT2D eigenvalue weighted by Gasteiger charge is 2.32. The van der Waals surface area contributed by atoms with E-state index >= 15 is 0 Å². The number of cyclic esters (lactones) is 1. The molecule has 2 fully saturated rings. The highest BCUT2D eigenvalue weighted by Crippen LogP contribution is 2.38. The second kappa shape index (κ2) is 11.1. The van der Waals surface area contributed by atoms with Crippen LogP contribution >= 0.6 is 0 Å². The van der Waals surface area contributed by atoms with Crippen LogP contribution in [0.15, 0.2) is 84.9 Å². The molecular formula is C30H33NO4. The van der Waals surface area contributed by atoms with Gasteiger partial charge in [-0.25, -0.2) is 4.79 Å². The Balaban J connectivity index is 1.20. The number of rotatable bonds is 8. The van der Waals surface area contributed by atoms with Crippen molar-refractivity contribution in [2.45, 2.75) is 49.9 Å². The lowest BCUT2D eigenvalue weighted by Crippen LogP contribution is -2.26. The van der Waals surface area contributed by atoms with E-state index in [9.17, 15) is 4.79 Å². The van der Waals surface area contributed by atoms with Crippen molar-refractivity contribution in [2.75, 3.05) is 25.2 Å². The largest absolute Gasteiger partial charge is 0.441 e. The fourth-order valence-corrected chi connectivity index (χ4v) is 5.26. The van der Waals surface area contributed by atoms with E-state index in [1.54, 1.807) is 12.0 Å². The van der Waals surface area contributed by atoms with Gasteiger partial charge >= 0.3 is 6.09 Å². The first kappa shape index (κ1) is 23.6. The zero-order valence-electron chi connectivity index (χ0n) is 20.2. The van der Waals surface area contributed by atoms with Crippen LogP contribution in [0.2, 0.25) is 0 Å². The number of amides is 1. The van der Waals surface area contributed by atoms with Gasteiger partial charge in [0.05, 0.1) is 19.3 Å². The molecular weight excluding hydrogens is 438 g/mol. The first-order valence-corrected chi connectivity index (χ1v) is 12.5. The Hall–Kier alpha value is -3.15. The molecule has 5 nitrogen and oxygen atoms in total. The van der Waals surface area contributed by atoms with Crippen LogP contribution in [-0.2, 0) is 14.2 Å². The minimum atomic E-state index is -0.302. The van der Waals surface area contributed by atoms with Crippen LogP contribution in [0.3, 0.4) is 0 Å². The molecule has 1 amide bonds. The van der Waals surface area contributed by atoms with Crippen molar-refractivity contribution in [2.24, 2.45) is 0 Å². The molecule has 1 aliphatic heterocycles. The lowest BCUT2D eigenvalue weighted by Gasteiger charge is -2.32. The quantitative estimate of drug-likeness (QED) is 0.377. The monoisotopic (exact) mass is 471 g/mol. The first-order valence-electron chi connectivity index (χ1n) is 12.5. The Labute approximate surface area is 207 Å². The Bertz CT molecular complexity index is 1040. The molecule has 35 heavy (non-hydrogen) atoms. The third-order valence-electron chi connectivity index (χ3n) is 7.11. The van der Waals surface area contributed by atoms with Crippen molar-refractivity contribution in [3.05, 3.63) is 102 Å². The summed E-state index contributed by atoms with van der Waals surface area (Å²) >= 11 is 0. The summed E-state index contributed by atoms with van der Waals surface area (Å²) in [5.74, 6) is 0.516. The standard InChI is InChI=1S/C30H33NO4/c1-33-21-28-20-31(30(32)35-28)26-16-12-22(13-17-26)23-14-18-27(19-15-23)34-29(24-8-4-2-5-9-24)25-10-6-3-7-11-25/h2-13,16-17,23,27-29H,14-15,18-21H2,1H3/t23-,27-,28-/m1/s1. The second-order valence-electron chi connectivity index (χ2n) is 9.47. The summed E-state index contributed by atoms with van der Waals surface area (Å²) < 4.78 is 17.2. The first-order chi connectivity index (χ1) is 17.2. The van der Waals surface area contributed by atoms with Gasteiger partial charge in [0.1, 0.15) is 12.2 Å². The molecule has 3 aromatic rings. The SMILES string of the molecule is COC[C@H]1CN(c2ccc([C@H]3CC[C@H](OC(c4ccccc4)c4ccccc4)CC3)cc2)C(=O)O1. The van der Waals surface area contributed by atoms with Gasteiger partial charge in [0.25, 0.3) is 0 Å². The predicted octanol–water partition coefficient (Wildman–Crippen LogP) is 6.49. The van der Waals surface area contributed by atoms with Gasteiger partial charge in [0.2, 0.25) is 0 Å². The summed E-state index contributed by atoms with van der Waals surface area (Å²) in [6, 6.07) is 29.4. The molecule has 1 saturated carbocycles. The molecule has 0 unspecified atom stereocenters. The summed E-state index contributed by atoms with van der Waals surface area (Å²) in [5, 5.41) is 0. The van der Waals surface area contributed by atoms with Crippen LogP contribution in [0.5, 0.6) is 0 Å². The minimum absolute atomic E-state index is 0.0413. The number of benzene rings is 3. The number of carbonyl (C=O) groups is 1. The van der Waals surface area contributed by atoms with Crippen LogP contribution in [-0.4, -0.2) is 38.6 Å². The topological polar surface area (TPSA) is 48.0 Å². The maximum Gasteiger partial charge on any atom is 0.414 e. The number of hydrogen-bond donors (Lipinski definition) is 0. The smallest absolute Gasteiger partial charge is 0.414 e. The molecule has 3 aromatic carbocycles. The molecule has 1 atom stereocenters. The summed E-state index contributed by atoms with van der Waals surface area (Å²) in [5.41, 5.74) is 4.60. The Kier molecular flexibility index (Phi) is 7.45. The van der Waals surface area contributed by atoms with Gasteiger partial charge in [0, 0.05) is 12.8 Å². The van der Waals surface area contributed by atoms with Crippen molar-refractivity contribution in [1.29, 1.82) is 0 Å². The Morgan fingerprint density at radius 2 is 1.46 bits per heavy atom. The molecule has 1 heterocycles. The molecule has 2 aliphatic rings. The third kappa shape index (κ3) is 5.58. The van der Waals surface area contributed by atoms with E-state index in [2.05, 4.69) is 60.7 Å². The highest BCUT2D eigenvalue weighted by atomic mass is 16.6. The van der Waals surface area contributed by atoms with Crippen LogP contribution in [0.25, 0.3) is 0 Å². The van der Waals surface area contributed by atoms with E-state index < -0.39 is 0 Å². The predicted molar refractivity (Wildman–Crippen MR) is 137 cm³/mol. The van der Waals surface area contributed by atoms with E-state index in [4.69, 9.17) is 14.2 Å². The fraction of sp³-hybridized carbons (Fsp3) is 0.367. The third-order valence-corrected chi connectivity index (χ3v) is 7.11. The molecule has 0 spiro atoms. The highest BCUT2D eigenvalue weighted by molar-refractivity contribution is 5.89. The molecule has 5 heteroatoms. The molecule has 0 radical (unpaired) electrons. The Morgan fingerprint density at radius 3 is 2.03 bits per heavy atom. The van der Waals surface area contributed by atoms with Gasteiger partial charge in [-0.3, -0.25) is 4.90 Å². The maximum absolute atomic E-state index is 12.2. The molecule has 1 aliphatic carbocycles. The van der Waals surface area contributed by atoms with E-state index in [-0.39, 0.29) is 24.4 Å². The van der Waals surface area contributed by atoms with Gasteiger partial charge in [-0.1, -0.05) is 72.8 Å². The normalized spacial score (nSPS) is 22.4. The van der Waals surface area contributed by atoms with E-state index in [0.29, 0.717) is 19.1 Å². The zero-order chi connectivity index (χ0) is 24.0. The summed E-state index contributed by atoms with van der Waals surface area (Å²) in [6.07, 6.45) is 3.97. The summed E-state index contributed by atoms with van der Waals surface area (Å²) in [4.78, 5) is 13.9. The molecule has 5 rings (SSSR count). The second-order valence-corrected chi connectivity index (χ2v) is 9.47. The number of nitrogens with zero attached hydrogens (tertiary/aromatic N) is 1. The average molecular weight is 472 g/mol. The van der Waals surface area contributed by atoms with Crippen LogP contribution < -0.4 is 4.90 Å². The fourth-order valence-electron chi connectivity index (χ4n) is 5.26. The van der Waals surface area contributed by atoms with Crippen molar-refractivity contribution in [1.82, 2.24) is 0 Å². The van der Waals surface area contributed by atoms with Gasteiger partial charge in [-0.2, -0.15) is 0 Å². The van der Waals surface area contributed by atoms with Crippen molar-refractivity contribution in [3.63, 3.8) is 0 Å². The van der Waals surface area contributed by atoms with Crippen LogP contribution in [0.4, 0.5) is 10.5 Å². The molecule has 1 saturated heterocycles.